The van der Waals surface area contributed by atoms with E-state index in [-0.39, 0.29) is 12.5 Å². The maximum absolute atomic E-state index is 12.0. The third-order valence-electron chi connectivity index (χ3n) is 2.57. The Morgan fingerprint density at radius 3 is 2.37 bits per heavy atom. The number of carbonyl (C=O) groups is 1. The summed E-state index contributed by atoms with van der Waals surface area (Å²) in [5.74, 6) is -0.356. The molecule has 1 amide bonds. The summed E-state index contributed by atoms with van der Waals surface area (Å²) in [5, 5.41) is 5.17. The van der Waals surface area contributed by atoms with Crippen LogP contribution < -0.4 is 10.6 Å². The van der Waals surface area contributed by atoms with Gasteiger partial charge in [-0.3, -0.25) is 4.79 Å². The number of hydrogen-bond donors (Lipinski definition) is 2. The molecule has 0 aromatic heterocycles. The van der Waals surface area contributed by atoms with Gasteiger partial charge < -0.3 is 10.6 Å². The first kappa shape index (κ1) is 15.5. The first-order chi connectivity index (χ1) is 8.78. The van der Waals surface area contributed by atoms with Crippen LogP contribution in [0, 0.1) is 6.92 Å². The number of halogens is 3. The monoisotopic (exact) mass is 274 g/mol. The second-order valence-corrected chi connectivity index (χ2v) is 4.40. The maximum atomic E-state index is 12.0. The number of aryl methyl sites for hydroxylation is 1. The van der Waals surface area contributed by atoms with Crippen LogP contribution in [0.15, 0.2) is 24.3 Å². The Balaban J connectivity index is 2.38. The van der Waals surface area contributed by atoms with Crippen molar-refractivity contribution in [1.29, 1.82) is 0 Å². The van der Waals surface area contributed by atoms with Crippen LogP contribution in [0.4, 0.5) is 18.9 Å². The minimum Gasteiger partial charge on any atom is -0.325 e. The molecular formula is C13H17F3N2O. The molecule has 0 aliphatic rings. The topological polar surface area (TPSA) is 41.1 Å². The van der Waals surface area contributed by atoms with E-state index < -0.39 is 18.6 Å². The number of hydrogen-bond acceptors (Lipinski definition) is 2. The van der Waals surface area contributed by atoms with Crippen molar-refractivity contribution >= 4 is 11.6 Å². The maximum Gasteiger partial charge on any atom is 0.390 e. The molecule has 0 saturated carbocycles. The SMILES string of the molecule is Cc1ccc(NC(=O)C(C)NCCC(F)(F)F)cc1. The largest absolute Gasteiger partial charge is 0.390 e. The van der Waals surface area contributed by atoms with Crippen LogP contribution in [0.1, 0.15) is 18.9 Å². The molecule has 0 heterocycles. The first-order valence-corrected chi connectivity index (χ1v) is 5.95. The van der Waals surface area contributed by atoms with Crippen molar-refractivity contribution in [3.05, 3.63) is 29.8 Å². The molecule has 0 radical (unpaired) electrons. The molecule has 106 valence electrons. The number of nitrogens with one attached hydrogen (secondary N) is 2. The van der Waals surface area contributed by atoms with E-state index in [1.807, 2.05) is 19.1 Å². The zero-order valence-corrected chi connectivity index (χ0v) is 10.8. The highest BCUT2D eigenvalue weighted by Gasteiger charge is 2.26. The average molecular weight is 274 g/mol. The number of anilines is 1. The molecule has 1 unspecified atom stereocenters. The summed E-state index contributed by atoms with van der Waals surface area (Å²) in [7, 11) is 0. The Hall–Kier alpha value is -1.56. The van der Waals surface area contributed by atoms with Gasteiger partial charge in [0.05, 0.1) is 12.5 Å². The van der Waals surface area contributed by atoms with Crippen LogP contribution in [-0.4, -0.2) is 24.7 Å². The highest BCUT2D eigenvalue weighted by Crippen LogP contribution is 2.18. The molecule has 0 spiro atoms. The van der Waals surface area contributed by atoms with Gasteiger partial charge in [0.25, 0.3) is 0 Å². The summed E-state index contributed by atoms with van der Waals surface area (Å²) in [6.45, 7) is 3.18. The van der Waals surface area contributed by atoms with Crippen LogP contribution in [0.25, 0.3) is 0 Å². The van der Waals surface area contributed by atoms with Gasteiger partial charge in [-0.15, -0.1) is 0 Å². The predicted molar refractivity (Wildman–Crippen MR) is 67.9 cm³/mol. The number of rotatable bonds is 5. The van der Waals surface area contributed by atoms with Crippen LogP contribution >= 0.6 is 0 Å². The van der Waals surface area contributed by atoms with Crippen molar-refractivity contribution in [2.45, 2.75) is 32.5 Å². The van der Waals surface area contributed by atoms with E-state index in [2.05, 4.69) is 10.6 Å². The molecule has 1 atom stereocenters. The van der Waals surface area contributed by atoms with E-state index in [1.54, 1.807) is 12.1 Å². The summed E-state index contributed by atoms with van der Waals surface area (Å²) in [5.41, 5.74) is 1.69. The molecular weight excluding hydrogens is 257 g/mol. The third-order valence-corrected chi connectivity index (χ3v) is 2.57. The van der Waals surface area contributed by atoms with Crippen molar-refractivity contribution in [3.8, 4) is 0 Å². The van der Waals surface area contributed by atoms with E-state index in [9.17, 15) is 18.0 Å². The lowest BCUT2D eigenvalue weighted by molar-refractivity contribution is -0.134. The van der Waals surface area contributed by atoms with Gasteiger partial charge >= 0.3 is 6.18 Å². The Kier molecular flexibility index (Phi) is 5.35. The van der Waals surface area contributed by atoms with E-state index in [1.165, 1.54) is 6.92 Å². The predicted octanol–water partition coefficient (Wildman–Crippen LogP) is 2.86. The Morgan fingerprint density at radius 2 is 1.84 bits per heavy atom. The van der Waals surface area contributed by atoms with Crippen molar-refractivity contribution in [3.63, 3.8) is 0 Å². The number of amides is 1. The van der Waals surface area contributed by atoms with Crippen molar-refractivity contribution in [2.75, 3.05) is 11.9 Å². The molecule has 1 rings (SSSR count). The third kappa shape index (κ3) is 6.24. The molecule has 0 aliphatic carbocycles. The average Bonchev–Trinajstić information content (AvgIpc) is 2.30. The lowest BCUT2D eigenvalue weighted by Gasteiger charge is -2.15. The summed E-state index contributed by atoms with van der Waals surface area (Å²) >= 11 is 0. The van der Waals surface area contributed by atoms with Gasteiger partial charge in [-0.05, 0) is 26.0 Å². The van der Waals surface area contributed by atoms with Gasteiger partial charge in [-0.2, -0.15) is 13.2 Å². The summed E-state index contributed by atoms with van der Waals surface area (Å²) < 4.78 is 35.9. The standard InChI is InChI=1S/C13H17F3N2O/c1-9-3-5-11(6-4-9)18-12(19)10(2)17-8-7-13(14,15)16/h3-6,10,17H,7-8H2,1-2H3,(H,18,19). The summed E-state index contributed by atoms with van der Waals surface area (Å²) in [4.78, 5) is 11.7. The van der Waals surface area contributed by atoms with Gasteiger partial charge in [0.15, 0.2) is 0 Å². The highest BCUT2D eigenvalue weighted by molar-refractivity contribution is 5.94. The molecule has 0 fully saturated rings. The number of alkyl halides is 3. The number of benzene rings is 1. The molecule has 19 heavy (non-hydrogen) atoms. The molecule has 0 saturated heterocycles. The molecule has 6 heteroatoms. The summed E-state index contributed by atoms with van der Waals surface area (Å²) in [6, 6.07) is 6.50. The lowest BCUT2D eigenvalue weighted by Crippen LogP contribution is -2.39. The van der Waals surface area contributed by atoms with Gasteiger partial charge in [0.1, 0.15) is 0 Å². The normalized spacial score (nSPS) is 13.1. The Labute approximate surface area is 110 Å². The van der Waals surface area contributed by atoms with E-state index in [4.69, 9.17) is 0 Å². The molecule has 0 bridgehead atoms. The van der Waals surface area contributed by atoms with Gasteiger partial charge in [-0.1, -0.05) is 17.7 Å². The summed E-state index contributed by atoms with van der Waals surface area (Å²) in [6.07, 6.45) is -5.16. The van der Waals surface area contributed by atoms with E-state index in [0.717, 1.165) is 5.56 Å². The minimum atomic E-state index is -4.21. The zero-order valence-electron chi connectivity index (χ0n) is 10.8. The Bertz CT molecular complexity index is 415. The van der Waals surface area contributed by atoms with Crippen molar-refractivity contribution in [2.24, 2.45) is 0 Å². The van der Waals surface area contributed by atoms with E-state index >= 15 is 0 Å². The van der Waals surface area contributed by atoms with Crippen molar-refractivity contribution in [1.82, 2.24) is 5.32 Å². The molecule has 1 aromatic rings. The van der Waals surface area contributed by atoms with Gasteiger partial charge in [-0.25, -0.2) is 0 Å². The smallest absolute Gasteiger partial charge is 0.325 e. The lowest BCUT2D eigenvalue weighted by atomic mass is 10.2. The fourth-order valence-corrected chi connectivity index (χ4v) is 1.41. The first-order valence-electron chi connectivity index (χ1n) is 5.95. The van der Waals surface area contributed by atoms with Crippen molar-refractivity contribution < 1.29 is 18.0 Å². The zero-order chi connectivity index (χ0) is 14.5. The van der Waals surface area contributed by atoms with Crippen LogP contribution in [0.2, 0.25) is 0 Å². The Morgan fingerprint density at radius 1 is 1.26 bits per heavy atom. The van der Waals surface area contributed by atoms with Gasteiger partial charge in [0.2, 0.25) is 5.91 Å². The van der Waals surface area contributed by atoms with Gasteiger partial charge in [0, 0.05) is 12.2 Å². The van der Waals surface area contributed by atoms with E-state index in [0.29, 0.717) is 5.69 Å². The van der Waals surface area contributed by atoms with Crippen LogP contribution in [-0.2, 0) is 4.79 Å². The van der Waals surface area contributed by atoms with Crippen LogP contribution in [0.3, 0.4) is 0 Å². The minimum absolute atomic E-state index is 0.272. The highest BCUT2D eigenvalue weighted by atomic mass is 19.4. The quantitative estimate of drug-likeness (QED) is 0.867. The van der Waals surface area contributed by atoms with Crippen LogP contribution in [0.5, 0.6) is 0 Å². The molecule has 0 aliphatic heterocycles. The molecule has 2 N–H and O–H groups in total. The molecule has 3 nitrogen and oxygen atoms in total. The fourth-order valence-electron chi connectivity index (χ4n) is 1.41. The second kappa shape index (κ2) is 6.56. The fraction of sp³-hybridized carbons (Fsp3) is 0.462. The molecule has 1 aromatic carbocycles. The number of carbonyl (C=O) groups excluding carboxylic acids is 1. The second-order valence-electron chi connectivity index (χ2n) is 4.40.